The van der Waals surface area contributed by atoms with Crippen LogP contribution >= 0.6 is 0 Å². The standard InChI is InChI=1S/C32H34F10N2O11/c1-11(2)9-13-15(23(45)51-5)19(43-21(31(37,38)39)17(13)25(47)53-7)29(33,34)27(49)55-28(50)30(35,36)20-16(24(46)52-6)14(10-12(3)4)18(26(48)54-8)22(44-20)32(40,41)42/h11-12,27-28,49-50H,9-10H2,1-8H3. The molecule has 2 aromatic rings. The van der Waals surface area contributed by atoms with Crippen LogP contribution in [0.2, 0.25) is 0 Å². The van der Waals surface area contributed by atoms with Gasteiger partial charge in [0.1, 0.15) is 11.4 Å². The Morgan fingerprint density at radius 3 is 0.945 bits per heavy atom. The summed E-state index contributed by atoms with van der Waals surface area (Å²) in [5, 5.41) is 20.9. The molecule has 0 amide bonds. The molecule has 23 heteroatoms. The summed E-state index contributed by atoms with van der Waals surface area (Å²) < 4.78 is 171. The number of hydrogen-bond donors (Lipinski definition) is 2. The van der Waals surface area contributed by atoms with Gasteiger partial charge in [-0.3, -0.25) is 0 Å². The lowest BCUT2D eigenvalue weighted by molar-refractivity contribution is -0.339. The molecule has 0 saturated carbocycles. The Bertz CT molecular complexity index is 1670. The summed E-state index contributed by atoms with van der Waals surface area (Å²) in [5.41, 5.74) is -18.0. The average molecular weight is 813 g/mol. The fourth-order valence-corrected chi connectivity index (χ4v) is 5.20. The Morgan fingerprint density at radius 1 is 0.509 bits per heavy atom. The molecular weight excluding hydrogens is 778 g/mol. The van der Waals surface area contributed by atoms with Crippen LogP contribution in [0.3, 0.4) is 0 Å². The van der Waals surface area contributed by atoms with Crippen molar-refractivity contribution in [3.05, 3.63) is 56.2 Å². The molecule has 0 aliphatic heterocycles. The van der Waals surface area contributed by atoms with E-state index >= 15 is 17.6 Å². The minimum Gasteiger partial charge on any atom is -0.465 e. The number of aliphatic hydroxyl groups is 2. The van der Waals surface area contributed by atoms with E-state index in [0.717, 1.165) is 0 Å². The van der Waals surface area contributed by atoms with Crippen LogP contribution in [0.25, 0.3) is 0 Å². The monoisotopic (exact) mass is 812 g/mol. The first-order chi connectivity index (χ1) is 25.0. The third-order valence-electron chi connectivity index (χ3n) is 7.43. The van der Waals surface area contributed by atoms with Gasteiger partial charge in [-0.15, -0.1) is 0 Å². The predicted octanol–water partition coefficient (Wildman–Crippen LogP) is 5.59. The van der Waals surface area contributed by atoms with E-state index in [1.807, 2.05) is 0 Å². The molecule has 0 aliphatic rings. The minimum atomic E-state index is -5.77. The lowest BCUT2D eigenvalue weighted by Gasteiger charge is -2.31. The molecule has 0 aliphatic carbocycles. The maximum atomic E-state index is 16.1. The van der Waals surface area contributed by atoms with Crippen molar-refractivity contribution >= 4 is 23.9 Å². The number of hydrogen-bond acceptors (Lipinski definition) is 13. The average Bonchev–Trinajstić information content (AvgIpc) is 3.07. The van der Waals surface area contributed by atoms with Gasteiger partial charge in [-0.05, 0) is 35.8 Å². The van der Waals surface area contributed by atoms with Gasteiger partial charge in [-0.2, -0.15) is 43.9 Å². The Hall–Kier alpha value is -4.64. The van der Waals surface area contributed by atoms with E-state index in [-0.39, 0.29) is 0 Å². The van der Waals surface area contributed by atoms with Crippen LogP contribution in [0.15, 0.2) is 0 Å². The molecule has 2 heterocycles. The fourth-order valence-electron chi connectivity index (χ4n) is 5.20. The van der Waals surface area contributed by atoms with Crippen LogP contribution in [0.5, 0.6) is 0 Å². The number of aromatic nitrogens is 2. The van der Waals surface area contributed by atoms with Gasteiger partial charge in [-0.1, -0.05) is 27.7 Å². The summed E-state index contributed by atoms with van der Waals surface area (Å²) in [5.74, 6) is -20.1. The number of carbonyl (C=O) groups is 4. The number of methoxy groups -OCH3 is 4. The molecule has 2 N–H and O–H groups in total. The van der Waals surface area contributed by atoms with E-state index < -0.39 is 141 Å². The first-order valence-electron chi connectivity index (χ1n) is 15.4. The first kappa shape index (κ1) is 46.5. The topological polar surface area (TPSA) is 181 Å². The van der Waals surface area contributed by atoms with E-state index in [2.05, 4.69) is 33.7 Å². The van der Waals surface area contributed by atoms with Crippen LogP contribution in [-0.2, 0) is 60.7 Å². The number of ether oxygens (including phenoxy) is 5. The predicted molar refractivity (Wildman–Crippen MR) is 162 cm³/mol. The second-order valence-electron chi connectivity index (χ2n) is 12.3. The van der Waals surface area contributed by atoms with Crippen LogP contribution in [0, 0.1) is 11.8 Å². The van der Waals surface area contributed by atoms with Gasteiger partial charge in [0.15, 0.2) is 11.4 Å². The minimum absolute atomic E-state index is 0.566. The highest BCUT2D eigenvalue weighted by Crippen LogP contribution is 2.45. The molecule has 2 unspecified atom stereocenters. The van der Waals surface area contributed by atoms with Crippen molar-refractivity contribution in [3.8, 4) is 0 Å². The summed E-state index contributed by atoms with van der Waals surface area (Å²) in [4.78, 5) is 56.2. The van der Waals surface area contributed by atoms with Crippen molar-refractivity contribution in [2.45, 2.75) is 77.3 Å². The molecular formula is C32H34F10N2O11. The van der Waals surface area contributed by atoms with E-state index in [9.17, 15) is 55.7 Å². The summed E-state index contributed by atoms with van der Waals surface area (Å²) >= 11 is 0. The highest BCUT2D eigenvalue weighted by atomic mass is 19.4. The Kier molecular flexibility index (Phi) is 14.4. The third kappa shape index (κ3) is 9.61. The van der Waals surface area contributed by atoms with Crippen LogP contribution in [0.4, 0.5) is 43.9 Å². The van der Waals surface area contributed by atoms with Gasteiger partial charge in [0, 0.05) is 0 Å². The summed E-state index contributed by atoms with van der Waals surface area (Å²) in [6.45, 7) is 5.26. The van der Waals surface area contributed by atoms with Crippen molar-refractivity contribution in [2.24, 2.45) is 11.8 Å². The largest absolute Gasteiger partial charge is 0.465 e. The van der Waals surface area contributed by atoms with E-state index in [0.29, 0.717) is 28.4 Å². The SMILES string of the molecule is COC(=O)c1c(C(F)(F)F)nc(C(F)(F)C(O)OC(O)C(F)(F)c2nc(C(F)(F)F)c(C(=O)OC)c(CC(C)C)c2C(=O)OC)c(C(=O)OC)c1CC(C)C. The maximum Gasteiger partial charge on any atom is 0.434 e. The van der Waals surface area contributed by atoms with E-state index in [1.165, 1.54) is 27.7 Å². The molecule has 13 nitrogen and oxygen atoms in total. The number of alkyl halides is 10. The number of halogens is 10. The molecule has 308 valence electrons. The molecule has 0 bridgehead atoms. The van der Waals surface area contributed by atoms with Crippen LogP contribution < -0.4 is 0 Å². The summed E-state index contributed by atoms with van der Waals surface area (Å²) in [6, 6.07) is 0. The maximum absolute atomic E-state index is 16.1. The smallest absolute Gasteiger partial charge is 0.434 e. The van der Waals surface area contributed by atoms with Crippen LogP contribution in [0.1, 0.15) is 103 Å². The van der Waals surface area contributed by atoms with Crippen molar-refractivity contribution in [3.63, 3.8) is 0 Å². The molecule has 2 aromatic heterocycles. The Morgan fingerprint density at radius 2 is 0.745 bits per heavy atom. The van der Waals surface area contributed by atoms with Gasteiger partial charge in [0.2, 0.25) is 12.6 Å². The van der Waals surface area contributed by atoms with Crippen molar-refractivity contribution < 1.29 is 97.0 Å². The number of pyridine rings is 2. The fraction of sp³-hybridized carbons (Fsp3) is 0.562. The van der Waals surface area contributed by atoms with E-state index in [1.54, 1.807) is 0 Å². The molecule has 0 aromatic carbocycles. The number of esters is 4. The molecule has 0 spiro atoms. The van der Waals surface area contributed by atoms with E-state index in [4.69, 9.17) is 0 Å². The molecule has 55 heavy (non-hydrogen) atoms. The van der Waals surface area contributed by atoms with Crippen LogP contribution in [-0.4, -0.2) is 85.1 Å². The van der Waals surface area contributed by atoms with Crippen molar-refractivity contribution in [2.75, 3.05) is 28.4 Å². The zero-order valence-electron chi connectivity index (χ0n) is 30.0. The quantitative estimate of drug-likeness (QED) is 0.104. The highest BCUT2D eigenvalue weighted by molar-refractivity contribution is 6.00. The zero-order chi connectivity index (χ0) is 42.8. The lowest BCUT2D eigenvalue weighted by Crippen LogP contribution is -2.45. The van der Waals surface area contributed by atoms with Gasteiger partial charge in [-0.25, -0.2) is 29.1 Å². The second kappa shape index (κ2) is 17.0. The summed E-state index contributed by atoms with van der Waals surface area (Å²) in [6.07, 6.45) is -21.6. The first-order valence-corrected chi connectivity index (χ1v) is 15.4. The Balaban J connectivity index is 3.02. The second-order valence-corrected chi connectivity index (χ2v) is 12.3. The highest BCUT2D eigenvalue weighted by Gasteiger charge is 2.56. The lowest BCUT2D eigenvalue weighted by atomic mass is 9.89. The number of carbonyl (C=O) groups excluding carboxylic acids is 4. The third-order valence-corrected chi connectivity index (χ3v) is 7.43. The Labute approximate surface area is 304 Å². The number of aliphatic hydroxyl groups excluding tert-OH is 2. The van der Waals surface area contributed by atoms with Crippen molar-refractivity contribution in [1.82, 2.24) is 9.97 Å². The summed E-state index contributed by atoms with van der Waals surface area (Å²) in [7, 11) is 2.34. The van der Waals surface area contributed by atoms with Gasteiger partial charge in [0.25, 0.3) is 0 Å². The number of nitrogens with zero attached hydrogens (tertiary/aromatic N) is 2. The normalized spacial score (nSPS) is 13.8. The van der Waals surface area contributed by atoms with Gasteiger partial charge < -0.3 is 33.9 Å². The van der Waals surface area contributed by atoms with Gasteiger partial charge in [0.05, 0.1) is 50.7 Å². The number of rotatable bonds is 14. The molecule has 2 atom stereocenters. The van der Waals surface area contributed by atoms with Crippen molar-refractivity contribution in [1.29, 1.82) is 0 Å². The zero-order valence-corrected chi connectivity index (χ0v) is 30.0. The molecule has 0 radical (unpaired) electrons. The molecule has 0 fully saturated rings. The molecule has 0 saturated heterocycles. The molecule has 2 rings (SSSR count). The van der Waals surface area contributed by atoms with Gasteiger partial charge >= 0.3 is 48.1 Å².